The summed E-state index contributed by atoms with van der Waals surface area (Å²) in [4.78, 5) is 14.5. The zero-order valence-electron chi connectivity index (χ0n) is 39.2. The molecule has 6 aliphatic heterocycles. The third kappa shape index (κ3) is 10.0. The van der Waals surface area contributed by atoms with Gasteiger partial charge in [0.2, 0.25) is 0 Å². The number of esters is 1. The van der Waals surface area contributed by atoms with Crippen LogP contribution >= 0.6 is 0 Å². The summed E-state index contributed by atoms with van der Waals surface area (Å²) in [6.07, 6.45) is 9.95. The molecule has 0 saturated carbocycles. The van der Waals surface area contributed by atoms with Gasteiger partial charge in [0, 0.05) is 58.8 Å². The molecule has 7 aliphatic rings. The molecule has 1 aliphatic carbocycles. The van der Waals surface area contributed by atoms with Crippen molar-refractivity contribution in [3.63, 3.8) is 0 Å². The van der Waals surface area contributed by atoms with Gasteiger partial charge in [0.1, 0.15) is 42.0 Å². The van der Waals surface area contributed by atoms with Crippen LogP contribution in [-0.2, 0) is 56.9 Å². The molecule has 0 radical (unpaired) electrons. The Bertz CT molecular complexity index is 1740. The molecule has 4 fully saturated rings. The Morgan fingerprint density at radius 3 is 2.29 bits per heavy atom. The maximum Gasteiger partial charge on any atom is 0.316 e. The molecule has 1 spiro atoms. The summed E-state index contributed by atoms with van der Waals surface area (Å²) in [6.45, 7) is 16.4. The predicted molar refractivity (Wildman–Crippen MR) is 232 cm³/mol. The number of hydrogen-bond donors (Lipinski definition) is 2. The number of carbonyl (C=O) groups excluding carboxylic acids is 1. The van der Waals surface area contributed by atoms with Gasteiger partial charge in [-0.1, -0.05) is 70.6 Å². The lowest BCUT2D eigenvalue weighted by Gasteiger charge is -2.48. The lowest BCUT2D eigenvalue weighted by molar-refractivity contribution is -0.318. The van der Waals surface area contributed by atoms with Crippen molar-refractivity contribution >= 4 is 5.97 Å². The third-order valence-electron chi connectivity index (χ3n) is 14.7. The van der Waals surface area contributed by atoms with E-state index in [4.69, 9.17) is 52.1 Å². The summed E-state index contributed by atoms with van der Waals surface area (Å²) in [5, 5.41) is 23.2. The van der Waals surface area contributed by atoms with Crippen molar-refractivity contribution in [2.24, 2.45) is 23.7 Å². The van der Waals surface area contributed by atoms with E-state index in [1.807, 2.05) is 38.2 Å². The number of carbonyl (C=O) groups is 1. The highest BCUT2D eigenvalue weighted by molar-refractivity contribution is 5.78. The second-order valence-electron chi connectivity index (χ2n) is 19.2. The molecule has 2 N–H and O–H groups in total. The van der Waals surface area contributed by atoms with Gasteiger partial charge in [-0.3, -0.25) is 4.79 Å². The molecule has 7 rings (SSSR count). The fourth-order valence-corrected chi connectivity index (χ4v) is 10.9. The van der Waals surface area contributed by atoms with Gasteiger partial charge in [-0.05, 0) is 62.8 Å². The van der Waals surface area contributed by atoms with Crippen molar-refractivity contribution in [1.82, 2.24) is 0 Å². The zero-order valence-corrected chi connectivity index (χ0v) is 39.2. The Kier molecular flexibility index (Phi) is 15.7. The van der Waals surface area contributed by atoms with Crippen LogP contribution in [0.25, 0.3) is 0 Å². The summed E-state index contributed by atoms with van der Waals surface area (Å²) in [5.74, 6) is -2.35. The summed E-state index contributed by atoms with van der Waals surface area (Å²) < 4.78 is 70.0. The normalized spacial score (nSPS) is 48.6. The highest BCUT2D eigenvalue weighted by atomic mass is 16.7. The summed E-state index contributed by atoms with van der Waals surface area (Å²) in [7, 11) is 4.82. The van der Waals surface area contributed by atoms with Gasteiger partial charge in [0.25, 0.3) is 0 Å². The lowest BCUT2D eigenvalue weighted by atomic mass is 9.70. The Morgan fingerprint density at radius 1 is 0.857 bits per heavy atom. The first-order chi connectivity index (χ1) is 30.0. The minimum atomic E-state index is -1.71. The lowest BCUT2D eigenvalue weighted by Crippen LogP contribution is -2.58. The first-order valence-electron chi connectivity index (χ1n) is 23.2. The van der Waals surface area contributed by atoms with E-state index in [2.05, 4.69) is 46.8 Å². The van der Waals surface area contributed by atoms with Crippen molar-refractivity contribution in [2.45, 2.75) is 191 Å². The van der Waals surface area contributed by atoms with Gasteiger partial charge < -0.3 is 62.3 Å². The highest BCUT2D eigenvalue weighted by Gasteiger charge is 2.60. The molecule has 4 saturated heterocycles. The molecule has 2 bridgehead atoms. The van der Waals surface area contributed by atoms with E-state index in [1.54, 1.807) is 34.3 Å². The fourth-order valence-electron chi connectivity index (χ4n) is 10.9. The van der Waals surface area contributed by atoms with E-state index in [1.165, 1.54) is 0 Å². The van der Waals surface area contributed by atoms with Crippen LogP contribution in [0.5, 0.6) is 0 Å². The van der Waals surface area contributed by atoms with Crippen LogP contribution < -0.4 is 0 Å². The van der Waals surface area contributed by atoms with Crippen LogP contribution in [0.15, 0.2) is 59.3 Å². The molecular formula is C49H74O14. The standard InChI is InChI=1S/C49H74O14/c1-12-26(2)43-29(5)18-19-48(63-43)24-35-21-34(62-48)17-16-28(4)42(60-40-23-38(54-10)45(32(8)58-40)61-39-22-37(53-9)41(50)31(7)57-39)27(3)14-13-15-33-25-56-46-44(55-11)30(6)20-36(47(51)59-35)49(33,46)52/h13-16,18-20,26-27,29,31-32,34-46,50,52H,12,17,21-25H2,1-11H3/b14-13+,28-16+,33-15+/t26-,27-,29+,31-,32-,34-,35-,36-,37-,38-,39-,40-,41-,42+,43+,44+,45-,46+,48-,49+/m0/s1. The molecule has 0 aromatic rings. The molecule has 14 heteroatoms. The van der Waals surface area contributed by atoms with E-state index >= 15 is 0 Å². The number of rotatable bonds is 9. The molecule has 354 valence electrons. The molecule has 0 aromatic carbocycles. The number of aliphatic hydroxyl groups excluding tert-OH is 1. The minimum absolute atomic E-state index is 0.0805. The molecule has 0 amide bonds. The number of allylic oxidation sites excluding steroid dienone is 2. The Morgan fingerprint density at radius 2 is 1.57 bits per heavy atom. The monoisotopic (exact) mass is 887 g/mol. The minimum Gasteiger partial charge on any atom is -0.462 e. The molecule has 20 atom stereocenters. The Hall–Kier alpha value is -2.31. The second-order valence-corrected chi connectivity index (χ2v) is 19.2. The van der Waals surface area contributed by atoms with Crippen molar-refractivity contribution < 1.29 is 67.1 Å². The van der Waals surface area contributed by atoms with Crippen LogP contribution in [0.2, 0.25) is 0 Å². The largest absolute Gasteiger partial charge is 0.462 e. The fraction of sp³-hybridized carbons (Fsp3) is 0.776. The van der Waals surface area contributed by atoms with Gasteiger partial charge in [-0.25, -0.2) is 0 Å². The average molecular weight is 887 g/mol. The van der Waals surface area contributed by atoms with Crippen LogP contribution in [0, 0.1) is 23.7 Å². The van der Waals surface area contributed by atoms with E-state index in [0.717, 1.165) is 17.6 Å². The van der Waals surface area contributed by atoms with E-state index < -0.39 is 90.8 Å². The summed E-state index contributed by atoms with van der Waals surface area (Å²) >= 11 is 0. The third-order valence-corrected chi connectivity index (χ3v) is 14.7. The van der Waals surface area contributed by atoms with Crippen molar-refractivity contribution in [3.8, 4) is 0 Å². The summed E-state index contributed by atoms with van der Waals surface area (Å²) in [6, 6.07) is 0. The van der Waals surface area contributed by atoms with Crippen LogP contribution in [0.4, 0.5) is 0 Å². The van der Waals surface area contributed by atoms with Crippen molar-refractivity contribution in [1.29, 1.82) is 0 Å². The number of fused-ring (bicyclic) bond motifs is 2. The molecule has 63 heavy (non-hydrogen) atoms. The molecule has 0 unspecified atom stereocenters. The molecule has 0 aromatic heterocycles. The van der Waals surface area contributed by atoms with E-state index in [9.17, 15) is 15.0 Å². The molecular weight excluding hydrogens is 813 g/mol. The number of methoxy groups -OCH3 is 3. The Labute approximate surface area is 374 Å². The van der Waals surface area contributed by atoms with E-state index in [-0.39, 0.29) is 42.7 Å². The quantitative estimate of drug-likeness (QED) is 0.204. The highest BCUT2D eigenvalue weighted by Crippen LogP contribution is 2.48. The predicted octanol–water partition coefficient (Wildman–Crippen LogP) is 6.03. The van der Waals surface area contributed by atoms with Gasteiger partial charge in [0.15, 0.2) is 18.4 Å². The first-order valence-corrected chi connectivity index (χ1v) is 23.2. The van der Waals surface area contributed by atoms with Crippen LogP contribution in [0.1, 0.15) is 93.9 Å². The van der Waals surface area contributed by atoms with Crippen LogP contribution in [0.3, 0.4) is 0 Å². The Balaban J connectivity index is 1.19. The molecule has 6 heterocycles. The van der Waals surface area contributed by atoms with Gasteiger partial charge in [-0.2, -0.15) is 0 Å². The number of ether oxygens (including phenoxy) is 11. The van der Waals surface area contributed by atoms with Crippen molar-refractivity contribution in [3.05, 3.63) is 59.3 Å². The van der Waals surface area contributed by atoms with E-state index in [0.29, 0.717) is 37.7 Å². The SMILES string of the molecule is CC[C@H](C)[C@H]1O[C@@]2(C=C[C@H]1C)C[C@@H]1C[C@H](C/C=C(\C)[C@H](O[C@H]3C[C@H](OC)[C@@H](O[C@H]4C[C@H](OC)[C@@H](O)[C@H](C)O4)[C@H](C)O3)[C@@H](C)/C=C/C=C3\CO[C@@H]4[C@H](OC)C(C)=C[C@@H](C(=O)O1)[C@]34O)O2. The topological polar surface area (TPSA) is 159 Å². The van der Waals surface area contributed by atoms with Gasteiger partial charge >= 0.3 is 5.97 Å². The first kappa shape index (κ1) is 48.6. The average Bonchev–Trinajstić information content (AvgIpc) is 3.59. The van der Waals surface area contributed by atoms with Crippen molar-refractivity contribution in [2.75, 3.05) is 27.9 Å². The zero-order chi connectivity index (χ0) is 45.4. The smallest absolute Gasteiger partial charge is 0.316 e. The second kappa shape index (κ2) is 20.3. The van der Waals surface area contributed by atoms with Gasteiger partial charge in [-0.15, -0.1) is 0 Å². The van der Waals surface area contributed by atoms with Crippen LogP contribution in [-0.4, -0.2) is 141 Å². The summed E-state index contributed by atoms with van der Waals surface area (Å²) in [5.41, 5.74) is 0.626. The van der Waals surface area contributed by atoms with Gasteiger partial charge in [0.05, 0.1) is 49.3 Å². The maximum atomic E-state index is 14.5. The number of hydrogen-bond acceptors (Lipinski definition) is 14. The maximum absolute atomic E-state index is 14.5. The molecule has 14 nitrogen and oxygen atoms in total. The number of aliphatic hydroxyl groups is 2.